The zero-order chi connectivity index (χ0) is 12.2. The summed E-state index contributed by atoms with van der Waals surface area (Å²) in [5.74, 6) is 0. The molecule has 0 atom stereocenters. The molecule has 16 heavy (non-hydrogen) atoms. The molecule has 0 radical (unpaired) electrons. The Balaban J connectivity index is 2.95. The summed E-state index contributed by atoms with van der Waals surface area (Å²) in [5.41, 5.74) is 0. The van der Waals surface area contributed by atoms with Crippen LogP contribution < -0.4 is 5.19 Å². The van der Waals surface area contributed by atoms with Gasteiger partial charge in [0.25, 0.3) is 0 Å². The van der Waals surface area contributed by atoms with E-state index in [-0.39, 0.29) is 0 Å². The lowest BCUT2D eigenvalue weighted by Gasteiger charge is -2.28. The van der Waals surface area contributed by atoms with Gasteiger partial charge in [-0.1, -0.05) is 30.3 Å². The SMILES string of the molecule is C[SiH](C)O[Si](O)(O[SiH](C)C)c1ccccc1. The Morgan fingerprint density at radius 1 is 0.938 bits per heavy atom. The summed E-state index contributed by atoms with van der Waals surface area (Å²) in [5, 5.41) is 0.817. The Kier molecular flexibility index (Phi) is 5.09. The van der Waals surface area contributed by atoms with E-state index in [0.717, 1.165) is 5.19 Å². The maximum absolute atomic E-state index is 10.6. The first kappa shape index (κ1) is 13.8. The second-order valence-corrected chi connectivity index (χ2v) is 12.1. The minimum Gasteiger partial charge on any atom is -0.416 e. The van der Waals surface area contributed by atoms with Crippen LogP contribution in [0.3, 0.4) is 0 Å². The first-order valence-corrected chi connectivity index (χ1v) is 12.9. The molecule has 1 N–H and O–H groups in total. The summed E-state index contributed by atoms with van der Waals surface area (Å²) < 4.78 is 11.6. The normalized spacial score (nSPS) is 12.4. The van der Waals surface area contributed by atoms with Crippen LogP contribution in [0.1, 0.15) is 0 Å². The van der Waals surface area contributed by atoms with Crippen molar-refractivity contribution in [1.29, 1.82) is 0 Å². The summed E-state index contributed by atoms with van der Waals surface area (Å²) in [7, 11) is -5.76. The third-order valence-electron chi connectivity index (χ3n) is 1.93. The third kappa shape index (κ3) is 3.96. The summed E-state index contributed by atoms with van der Waals surface area (Å²) >= 11 is 0. The minimum atomic E-state index is -3.13. The quantitative estimate of drug-likeness (QED) is 0.807. The van der Waals surface area contributed by atoms with Gasteiger partial charge < -0.3 is 13.0 Å². The fourth-order valence-corrected chi connectivity index (χ4v) is 8.99. The summed E-state index contributed by atoms with van der Waals surface area (Å²) in [4.78, 5) is 10.6. The van der Waals surface area contributed by atoms with Gasteiger partial charge >= 0.3 is 8.80 Å². The molecule has 0 aromatic heterocycles. The molecule has 0 aliphatic carbocycles. The third-order valence-corrected chi connectivity index (χ3v) is 9.32. The molecule has 0 heterocycles. The summed E-state index contributed by atoms with van der Waals surface area (Å²) in [6.07, 6.45) is 0. The Morgan fingerprint density at radius 2 is 1.38 bits per heavy atom. The van der Waals surface area contributed by atoms with Crippen LogP contribution in [0.25, 0.3) is 0 Å². The van der Waals surface area contributed by atoms with Gasteiger partial charge in [0.1, 0.15) is 0 Å². The van der Waals surface area contributed by atoms with Crippen LogP contribution >= 0.6 is 0 Å². The minimum absolute atomic E-state index is 0.817. The van der Waals surface area contributed by atoms with Gasteiger partial charge in [-0.15, -0.1) is 0 Å². The highest BCUT2D eigenvalue weighted by molar-refractivity contribution is 6.84. The molecule has 0 aliphatic rings. The summed E-state index contributed by atoms with van der Waals surface area (Å²) in [6.45, 7) is 8.19. The van der Waals surface area contributed by atoms with Gasteiger partial charge in [-0.3, -0.25) is 0 Å². The van der Waals surface area contributed by atoms with Crippen molar-refractivity contribution >= 4 is 32.1 Å². The molecular formula is C10H20O3Si3. The maximum atomic E-state index is 10.6. The van der Waals surface area contributed by atoms with Crippen molar-refractivity contribution in [2.75, 3.05) is 0 Å². The molecule has 0 aliphatic heterocycles. The van der Waals surface area contributed by atoms with Crippen molar-refractivity contribution in [3.63, 3.8) is 0 Å². The molecule has 0 spiro atoms. The van der Waals surface area contributed by atoms with E-state index in [1.807, 2.05) is 56.5 Å². The zero-order valence-corrected chi connectivity index (χ0v) is 13.6. The number of benzene rings is 1. The molecule has 0 fully saturated rings. The molecule has 0 saturated carbocycles. The highest BCUT2D eigenvalue weighted by atomic mass is 28.5. The standard InChI is InChI=1S/C10H20O3Si3/c1-14(2)12-16(11,13-15(3)4)10-8-6-5-7-9-10/h5-9,11,14-15H,1-4H3. The Hall–Kier alpha value is -0.249. The van der Waals surface area contributed by atoms with Gasteiger partial charge in [-0.05, 0) is 26.2 Å². The van der Waals surface area contributed by atoms with Gasteiger partial charge in [-0.2, -0.15) is 0 Å². The van der Waals surface area contributed by atoms with Gasteiger partial charge in [0.15, 0.2) is 18.1 Å². The second kappa shape index (κ2) is 5.90. The molecule has 0 amide bonds. The van der Waals surface area contributed by atoms with Gasteiger partial charge in [0, 0.05) is 5.19 Å². The fourth-order valence-electron chi connectivity index (χ4n) is 1.45. The molecule has 1 aromatic rings. The predicted octanol–water partition coefficient (Wildman–Crippen LogP) is 0.825. The van der Waals surface area contributed by atoms with E-state index in [2.05, 4.69) is 0 Å². The van der Waals surface area contributed by atoms with E-state index in [9.17, 15) is 4.80 Å². The first-order valence-electron chi connectivity index (χ1n) is 5.57. The molecule has 1 aromatic carbocycles. The van der Waals surface area contributed by atoms with Crippen molar-refractivity contribution in [1.82, 2.24) is 0 Å². The lowest BCUT2D eigenvalue weighted by atomic mass is 10.4. The van der Waals surface area contributed by atoms with Gasteiger partial charge in [0.05, 0.1) is 0 Å². The summed E-state index contributed by atoms with van der Waals surface area (Å²) in [6, 6.07) is 9.52. The number of hydrogen-bond acceptors (Lipinski definition) is 3. The molecule has 0 saturated heterocycles. The van der Waals surface area contributed by atoms with Crippen molar-refractivity contribution in [3.8, 4) is 0 Å². The van der Waals surface area contributed by atoms with Crippen molar-refractivity contribution in [2.24, 2.45) is 0 Å². The zero-order valence-electron chi connectivity index (χ0n) is 10.3. The Morgan fingerprint density at radius 3 is 1.75 bits per heavy atom. The Bertz CT molecular complexity index is 306. The van der Waals surface area contributed by atoms with Crippen LogP contribution in [0.15, 0.2) is 30.3 Å². The monoisotopic (exact) mass is 272 g/mol. The van der Waals surface area contributed by atoms with Crippen molar-refractivity contribution < 1.29 is 13.0 Å². The molecule has 3 nitrogen and oxygen atoms in total. The van der Waals surface area contributed by atoms with Crippen LogP contribution in [0, 0.1) is 0 Å². The molecule has 6 heteroatoms. The molecule has 0 bridgehead atoms. The smallest absolute Gasteiger partial charge is 0.416 e. The topological polar surface area (TPSA) is 38.7 Å². The molecule has 1 rings (SSSR count). The van der Waals surface area contributed by atoms with E-state index in [4.69, 9.17) is 8.23 Å². The highest BCUT2D eigenvalue weighted by Crippen LogP contribution is 2.08. The second-order valence-electron chi connectivity index (χ2n) is 4.28. The van der Waals surface area contributed by atoms with Gasteiger partial charge in [0.2, 0.25) is 0 Å². The lowest BCUT2D eigenvalue weighted by molar-refractivity contribution is 0.276. The van der Waals surface area contributed by atoms with Crippen molar-refractivity contribution in [3.05, 3.63) is 30.3 Å². The van der Waals surface area contributed by atoms with Crippen LogP contribution in [0.4, 0.5) is 0 Å². The van der Waals surface area contributed by atoms with Crippen LogP contribution in [-0.4, -0.2) is 31.7 Å². The predicted molar refractivity (Wildman–Crippen MR) is 74.0 cm³/mol. The van der Waals surface area contributed by atoms with Crippen LogP contribution in [0.2, 0.25) is 26.2 Å². The fraction of sp³-hybridized carbons (Fsp3) is 0.400. The molecular weight excluding hydrogens is 252 g/mol. The van der Waals surface area contributed by atoms with Gasteiger partial charge in [-0.25, -0.2) is 0 Å². The number of rotatable bonds is 5. The van der Waals surface area contributed by atoms with E-state index >= 15 is 0 Å². The van der Waals surface area contributed by atoms with E-state index < -0.39 is 26.9 Å². The van der Waals surface area contributed by atoms with E-state index in [0.29, 0.717) is 0 Å². The van der Waals surface area contributed by atoms with E-state index in [1.165, 1.54) is 0 Å². The van der Waals surface area contributed by atoms with Crippen LogP contribution in [0.5, 0.6) is 0 Å². The molecule has 90 valence electrons. The molecule has 0 unspecified atom stereocenters. The van der Waals surface area contributed by atoms with Crippen molar-refractivity contribution in [2.45, 2.75) is 26.2 Å². The lowest BCUT2D eigenvalue weighted by Crippen LogP contribution is -2.58. The largest absolute Gasteiger partial charge is 0.513 e. The Labute approximate surface area is 102 Å². The highest BCUT2D eigenvalue weighted by Gasteiger charge is 2.40. The van der Waals surface area contributed by atoms with Crippen LogP contribution in [-0.2, 0) is 8.23 Å². The maximum Gasteiger partial charge on any atom is 0.513 e. The first-order chi connectivity index (χ1) is 7.44. The average molecular weight is 273 g/mol. The average Bonchev–Trinajstić information content (AvgIpc) is 2.16. The number of hydrogen-bond donors (Lipinski definition) is 1. The van der Waals surface area contributed by atoms with E-state index in [1.54, 1.807) is 0 Å².